The predicted octanol–water partition coefficient (Wildman–Crippen LogP) is 2.42. The fourth-order valence-electron chi connectivity index (χ4n) is 0.740. The lowest BCUT2D eigenvalue weighted by Gasteiger charge is -2.09. The highest BCUT2D eigenvalue weighted by atomic mass is 35.5. The van der Waals surface area contributed by atoms with Crippen LogP contribution in [0, 0.1) is 5.92 Å². The van der Waals surface area contributed by atoms with E-state index in [2.05, 4.69) is 6.92 Å². The van der Waals surface area contributed by atoms with Crippen molar-refractivity contribution in [3.05, 3.63) is 0 Å². The second-order valence-corrected chi connectivity index (χ2v) is 7.89. The number of alkyl halides is 1. The van der Waals surface area contributed by atoms with Crippen LogP contribution in [-0.2, 0) is 9.84 Å². The number of halogens is 1. The number of rotatable bonds is 7. The first-order chi connectivity index (χ1) is 6.40. The van der Waals surface area contributed by atoms with Crippen LogP contribution in [0.3, 0.4) is 0 Å². The van der Waals surface area contributed by atoms with E-state index in [0.717, 1.165) is 5.75 Å². The molecule has 0 amide bonds. The maximum atomic E-state index is 11.4. The van der Waals surface area contributed by atoms with E-state index in [1.54, 1.807) is 25.6 Å². The molecule has 0 N–H and O–H groups in total. The molecular formula is C9H19ClO2S2. The average Bonchev–Trinajstić information content (AvgIpc) is 2.11. The highest BCUT2D eigenvalue weighted by molar-refractivity contribution is 8.00. The van der Waals surface area contributed by atoms with E-state index in [1.807, 2.05) is 0 Å². The molecule has 5 heteroatoms. The predicted molar refractivity (Wildman–Crippen MR) is 66.1 cm³/mol. The summed E-state index contributed by atoms with van der Waals surface area (Å²) in [5.41, 5.74) is 0. The van der Waals surface area contributed by atoms with Crippen molar-refractivity contribution in [3.63, 3.8) is 0 Å². The van der Waals surface area contributed by atoms with E-state index in [9.17, 15) is 8.42 Å². The molecule has 0 fully saturated rings. The van der Waals surface area contributed by atoms with Gasteiger partial charge in [-0.1, -0.05) is 6.92 Å². The Morgan fingerprint density at radius 3 is 2.29 bits per heavy atom. The fraction of sp³-hybridized carbons (Fsp3) is 1.00. The van der Waals surface area contributed by atoms with Crippen LogP contribution in [0.1, 0.15) is 20.8 Å². The van der Waals surface area contributed by atoms with Crippen molar-refractivity contribution in [1.82, 2.24) is 0 Å². The molecule has 2 nitrogen and oxygen atoms in total. The first-order valence-corrected chi connectivity index (χ1v) is 8.16. The third-order valence-electron chi connectivity index (χ3n) is 1.90. The molecular weight excluding hydrogens is 240 g/mol. The van der Waals surface area contributed by atoms with Gasteiger partial charge in [0.25, 0.3) is 0 Å². The summed E-state index contributed by atoms with van der Waals surface area (Å²) in [6.45, 7) is 5.51. The molecule has 86 valence electrons. The second-order valence-electron chi connectivity index (χ2n) is 3.75. The van der Waals surface area contributed by atoms with Crippen LogP contribution in [0.2, 0.25) is 0 Å². The number of sulfone groups is 1. The molecule has 0 aromatic heterocycles. The van der Waals surface area contributed by atoms with Gasteiger partial charge in [-0.25, -0.2) is 8.42 Å². The van der Waals surface area contributed by atoms with Crippen molar-refractivity contribution < 1.29 is 8.42 Å². The Morgan fingerprint density at radius 1 is 1.29 bits per heavy atom. The third-order valence-corrected chi connectivity index (χ3v) is 6.19. The molecule has 0 saturated heterocycles. The van der Waals surface area contributed by atoms with E-state index in [0.29, 0.717) is 17.6 Å². The zero-order valence-electron chi connectivity index (χ0n) is 8.99. The van der Waals surface area contributed by atoms with Gasteiger partial charge in [0.1, 0.15) is 0 Å². The highest BCUT2D eigenvalue weighted by Gasteiger charge is 2.15. The minimum absolute atomic E-state index is 0.256. The zero-order chi connectivity index (χ0) is 11.2. The molecule has 0 radical (unpaired) electrons. The van der Waals surface area contributed by atoms with Gasteiger partial charge in [0.15, 0.2) is 9.84 Å². The molecule has 0 aromatic rings. The summed E-state index contributed by atoms with van der Waals surface area (Å²) in [6, 6.07) is 0. The summed E-state index contributed by atoms with van der Waals surface area (Å²) in [5, 5.41) is -0.256. The van der Waals surface area contributed by atoms with Gasteiger partial charge in [0.2, 0.25) is 0 Å². The Morgan fingerprint density at radius 2 is 1.86 bits per heavy atom. The van der Waals surface area contributed by atoms with Crippen LogP contribution in [0.5, 0.6) is 0 Å². The molecule has 0 bridgehead atoms. The van der Waals surface area contributed by atoms with Crippen molar-refractivity contribution in [1.29, 1.82) is 0 Å². The van der Waals surface area contributed by atoms with Crippen molar-refractivity contribution in [2.45, 2.75) is 26.0 Å². The molecule has 0 saturated carbocycles. The van der Waals surface area contributed by atoms with Gasteiger partial charge in [-0.05, 0) is 25.5 Å². The van der Waals surface area contributed by atoms with Crippen LogP contribution in [-0.4, -0.2) is 36.8 Å². The summed E-state index contributed by atoms with van der Waals surface area (Å²) < 4.78 is 22.8. The summed E-state index contributed by atoms with van der Waals surface area (Å²) >= 11 is 7.31. The first kappa shape index (κ1) is 14.6. The number of hydrogen-bond donors (Lipinski definition) is 0. The second kappa shape index (κ2) is 6.96. The Balaban J connectivity index is 3.65. The Hall–Kier alpha value is 0.590. The Bertz CT molecular complexity index is 237. The molecule has 0 aliphatic heterocycles. The molecule has 1 unspecified atom stereocenters. The topological polar surface area (TPSA) is 34.1 Å². The zero-order valence-corrected chi connectivity index (χ0v) is 11.4. The van der Waals surface area contributed by atoms with Crippen LogP contribution in [0.15, 0.2) is 0 Å². The fourth-order valence-corrected chi connectivity index (χ4v) is 3.54. The first-order valence-electron chi connectivity index (χ1n) is 4.75. The molecule has 0 heterocycles. The SMILES string of the molecule is CC(CCl)CSCCS(=O)(=O)C(C)C. The van der Waals surface area contributed by atoms with E-state index in [-0.39, 0.29) is 11.0 Å². The largest absolute Gasteiger partial charge is 0.229 e. The van der Waals surface area contributed by atoms with Crippen molar-refractivity contribution in [2.24, 2.45) is 5.92 Å². The van der Waals surface area contributed by atoms with Crippen LogP contribution < -0.4 is 0 Å². The van der Waals surface area contributed by atoms with Gasteiger partial charge >= 0.3 is 0 Å². The van der Waals surface area contributed by atoms with E-state index < -0.39 is 9.84 Å². The average molecular weight is 259 g/mol. The Kier molecular flexibility index (Phi) is 7.26. The quantitative estimate of drug-likeness (QED) is 0.520. The van der Waals surface area contributed by atoms with Gasteiger partial charge in [-0.2, -0.15) is 11.8 Å². The van der Waals surface area contributed by atoms with Crippen LogP contribution >= 0.6 is 23.4 Å². The van der Waals surface area contributed by atoms with E-state index >= 15 is 0 Å². The molecule has 14 heavy (non-hydrogen) atoms. The highest BCUT2D eigenvalue weighted by Crippen LogP contribution is 2.11. The number of thioether (sulfide) groups is 1. The minimum Gasteiger partial charge on any atom is -0.229 e. The normalized spacial score (nSPS) is 14.6. The van der Waals surface area contributed by atoms with Crippen molar-refractivity contribution in [2.75, 3.05) is 23.1 Å². The van der Waals surface area contributed by atoms with Gasteiger partial charge in [-0.15, -0.1) is 11.6 Å². The van der Waals surface area contributed by atoms with E-state index in [1.165, 1.54) is 0 Å². The van der Waals surface area contributed by atoms with Gasteiger partial charge in [-0.3, -0.25) is 0 Å². The lowest BCUT2D eigenvalue weighted by molar-refractivity contribution is 0.589. The minimum atomic E-state index is -2.86. The summed E-state index contributed by atoms with van der Waals surface area (Å²) in [4.78, 5) is 0. The molecule has 0 spiro atoms. The van der Waals surface area contributed by atoms with Gasteiger partial charge in [0.05, 0.1) is 11.0 Å². The van der Waals surface area contributed by atoms with Crippen LogP contribution in [0.25, 0.3) is 0 Å². The maximum absolute atomic E-state index is 11.4. The lowest BCUT2D eigenvalue weighted by atomic mass is 10.3. The smallest absolute Gasteiger partial charge is 0.153 e. The molecule has 0 rings (SSSR count). The molecule has 0 aromatic carbocycles. The summed E-state index contributed by atoms with van der Waals surface area (Å²) in [5.74, 6) is 3.01. The van der Waals surface area contributed by atoms with Crippen LogP contribution in [0.4, 0.5) is 0 Å². The van der Waals surface area contributed by atoms with Gasteiger partial charge in [0, 0.05) is 11.6 Å². The summed E-state index contributed by atoms with van der Waals surface area (Å²) in [6.07, 6.45) is 0. The lowest BCUT2D eigenvalue weighted by Crippen LogP contribution is -2.19. The maximum Gasteiger partial charge on any atom is 0.153 e. The van der Waals surface area contributed by atoms with E-state index in [4.69, 9.17) is 11.6 Å². The monoisotopic (exact) mass is 258 g/mol. The molecule has 0 aliphatic rings. The Labute approximate surface area is 96.7 Å². The van der Waals surface area contributed by atoms with Crippen molar-refractivity contribution >= 4 is 33.2 Å². The molecule has 0 aliphatic carbocycles. The number of hydrogen-bond acceptors (Lipinski definition) is 3. The molecule has 1 atom stereocenters. The third kappa shape index (κ3) is 6.14. The van der Waals surface area contributed by atoms with Crippen molar-refractivity contribution in [3.8, 4) is 0 Å². The standard InChI is InChI=1S/C9H19ClO2S2/c1-8(2)14(11,12)5-4-13-7-9(3)6-10/h8-9H,4-7H2,1-3H3. The van der Waals surface area contributed by atoms with Gasteiger partial charge < -0.3 is 0 Å². The summed E-state index contributed by atoms with van der Waals surface area (Å²) in [7, 11) is -2.86.